The van der Waals surface area contributed by atoms with Gasteiger partial charge in [-0.25, -0.2) is 0 Å². The smallest absolute Gasteiger partial charge is 0.257 e. The van der Waals surface area contributed by atoms with Crippen molar-refractivity contribution in [3.8, 4) is 11.5 Å². The van der Waals surface area contributed by atoms with E-state index in [1.807, 2.05) is 24.1 Å². The lowest BCUT2D eigenvalue weighted by molar-refractivity contribution is 0.0701. The lowest BCUT2D eigenvalue weighted by atomic mass is 10.0. The van der Waals surface area contributed by atoms with Gasteiger partial charge in [-0.15, -0.1) is 0 Å². The number of amides is 1. The zero-order valence-corrected chi connectivity index (χ0v) is 16.2. The molecule has 2 heterocycles. The number of benzene rings is 1. The van der Waals surface area contributed by atoms with E-state index in [-0.39, 0.29) is 5.91 Å². The largest absolute Gasteiger partial charge is 0.497 e. The predicted octanol–water partition coefficient (Wildman–Crippen LogP) is 2.80. The Hall–Kier alpha value is -2.60. The zero-order valence-electron chi connectivity index (χ0n) is 16.2. The standard InChI is InChI=1S/C21H27N3O3/c1-15-16(5-4-10-22-15)14-23-17-8-11-24(12-9-17)21(25)19-7-6-18(26-2)13-20(19)27-3/h4-7,10,13,17,23H,8-9,11-12,14H2,1-3H3. The van der Waals surface area contributed by atoms with Crippen molar-refractivity contribution in [1.82, 2.24) is 15.2 Å². The molecule has 1 aliphatic heterocycles. The number of likely N-dealkylation sites (tertiary alicyclic amines) is 1. The van der Waals surface area contributed by atoms with Crippen LogP contribution in [-0.4, -0.2) is 49.1 Å². The summed E-state index contributed by atoms with van der Waals surface area (Å²) in [6.07, 6.45) is 3.68. The van der Waals surface area contributed by atoms with Gasteiger partial charge in [0.1, 0.15) is 11.5 Å². The molecule has 6 nitrogen and oxygen atoms in total. The summed E-state index contributed by atoms with van der Waals surface area (Å²) in [7, 11) is 3.17. The molecule has 6 heteroatoms. The average molecular weight is 369 g/mol. The molecule has 0 saturated carbocycles. The molecule has 0 unspecified atom stereocenters. The zero-order chi connectivity index (χ0) is 19.2. The highest BCUT2D eigenvalue weighted by Crippen LogP contribution is 2.26. The van der Waals surface area contributed by atoms with Crippen molar-refractivity contribution in [2.45, 2.75) is 32.4 Å². The normalized spacial score (nSPS) is 14.9. The number of rotatable bonds is 6. The van der Waals surface area contributed by atoms with Gasteiger partial charge >= 0.3 is 0 Å². The number of piperidine rings is 1. The van der Waals surface area contributed by atoms with Gasteiger partial charge in [0.15, 0.2) is 0 Å². The number of aryl methyl sites for hydroxylation is 1. The van der Waals surface area contributed by atoms with Gasteiger partial charge in [-0.2, -0.15) is 0 Å². The predicted molar refractivity (Wildman–Crippen MR) is 104 cm³/mol. The lowest BCUT2D eigenvalue weighted by Crippen LogP contribution is -2.44. The molecular formula is C21H27N3O3. The van der Waals surface area contributed by atoms with Crippen molar-refractivity contribution in [2.24, 2.45) is 0 Å². The van der Waals surface area contributed by atoms with Crippen LogP contribution in [0.1, 0.15) is 34.5 Å². The van der Waals surface area contributed by atoms with Crippen LogP contribution in [0.25, 0.3) is 0 Å². The molecule has 3 rings (SSSR count). The molecule has 0 aliphatic carbocycles. The maximum atomic E-state index is 12.9. The minimum atomic E-state index is 0.0102. The Morgan fingerprint density at radius 1 is 1.22 bits per heavy atom. The molecule has 0 spiro atoms. The van der Waals surface area contributed by atoms with E-state index in [1.54, 1.807) is 32.4 Å². The third kappa shape index (κ3) is 4.57. The van der Waals surface area contributed by atoms with Crippen LogP contribution in [-0.2, 0) is 6.54 Å². The summed E-state index contributed by atoms with van der Waals surface area (Å²) in [6.45, 7) is 4.31. The number of carbonyl (C=O) groups excluding carboxylic acids is 1. The Morgan fingerprint density at radius 2 is 2.00 bits per heavy atom. The summed E-state index contributed by atoms with van der Waals surface area (Å²) in [5.41, 5.74) is 2.86. The van der Waals surface area contributed by atoms with E-state index < -0.39 is 0 Å². The van der Waals surface area contributed by atoms with E-state index in [0.29, 0.717) is 23.1 Å². The van der Waals surface area contributed by atoms with Gasteiger partial charge in [0.25, 0.3) is 5.91 Å². The van der Waals surface area contributed by atoms with Crippen LogP contribution in [0.15, 0.2) is 36.5 Å². The summed E-state index contributed by atoms with van der Waals surface area (Å²) in [4.78, 5) is 19.1. The highest BCUT2D eigenvalue weighted by Gasteiger charge is 2.25. The number of nitrogens with zero attached hydrogens (tertiary/aromatic N) is 2. The maximum absolute atomic E-state index is 12.9. The first kappa shape index (κ1) is 19.2. The fourth-order valence-corrected chi connectivity index (χ4v) is 3.39. The number of aromatic nitrogens is 1. The summed E-state index contributed by atoms with van der Waals surface area (Å²) in [5.74, 6) is 1.24. The average Bonchev–Trinajstić information content (AvgIpc) is 2.72. The van der Waals surface area contributed by atoms with E-state index in [0.717, 1.165) is 38.2 Å². The van der Waals surface area contributed by atoms with Crippen molar-refractivity contribution < 1.29 is 14.3 Å². The van der Waals surface area contributed by atoms with Crippen LogP contribution >= 0.6 is 0 Å². The number of ether oxygens (including phenoxy) is 2. The number of methoxy groups -OCH3 is 2. The molecule has 27 heavy (non-hydrogen) atoms. The second kappa shape index (κ2) is 8.86. The van der Waals surface area contributed by atoms with E-state index in [4.69, 9.17) is 9.47 Å². The molecular weight excluding hydrogens is 342 g/mol. The van der Waals surface area contributed by atoms with Crippen LogP contribution in [0, 0.1) is 6.92 Å². The van der Waals surface area contributed by atoms with Crippen molar-refractivity contribution in [3.05, 3.63) is 53.3 Å². The highest BCUT2D eigenvalue weighted by atomic mass is 16.5. The van der Waals surface area contributed by atoms with Crippen LogP contribution in [0.5, 0.6) is 11.5 Å². The first-order valence-electron chi connectivity index (χ1n) is 9.27. The van der Waals surface area contributed by atoms with E-state index in [2.05, 4.69) is 16.4 Å². The molecule has 2 aromatic rings. The van der Waals surface area contributed by atoms with E-state index >= 15 is 0 Å². The Bertz CT molecular complexity index is 786. The number of pyridine rings is 1. The van der Waals surface area contributed by atoms with Gasteiger partial charge in [0, 0.05) is 43.6 Å². The Kier molecular flexibility index (Phi) is 6.29. The molecule has 0 bridgehead atoms. The van der Waals surface area contributed by atoms with Crippen molar-refractivity contribution in [3.63, 3.8) is 0 Å². The summed E-state index contributed by atoms with van der Waals surface area (Å²) in [6, 6.07) is 9.79. The fraction of sp³-hybridized carbons (Fsp3) is 0.429. The minimum absolute atomic E-state index is 0.0102. The second-order valence-corrected chi connectivity index (χ2v) is 6.76. The molecule has 1 aliphatic rings. The monoisotopic (exact) mass is 369 g/mol. The Morgan fingerprint density at radius 3 is 2.67 bits per heavy atom. The Balaban J connectivity index is 1.56. The number of nitrogens with one attached hydrogen (secondary N) is 1. The van der Waals surface area contributed by atoms with E-state index in [9.17, 15) is 4.79 Å². The van der Waals surface area contributed by atoms with Crippen LogP contribution in [0.3, 0.4) is 0 Å². The van der Waals surface area contributed by atoms with Crippen LogP contribution < -0.4 is 14.8 Å². The topological polar surface area (TPSA) is 63.7 Å². The SMILES string of the molecule is COc1ccc(C(=O)N2CCC(NCc3cccnc3C)CC2)c(OC)c1. The summed E-state index contributed by atoms with van der Waals surface area (Å²) >= 11 is 0. The van der Waals surface area contributed by atoms with Crippen LogP contribution in [0.4, 0.5) is 0 Å². The van der Waals surface area contributed by atoms with Crippen molar-refractivity contribution in [2.75, 3.05) is 27.3 Å². The molecule has 1 fully saturated rings. The first-order chi connectivity index (χ1) is 13.1. The molecule has 144 valence electrons. The molecule has 1 aromatic heterocycles. The van der Waals surface area contributed by atoms with Crippen molar-refractivity contribution in [1.29, 1.82) is 0 Å². The fourth-order valence-electron chi connectivity index (χ4n) is 3.39. The number of hydrogen-bond donors (Lipinski definition) is 1. The quantitative estimate of drug-likeness (QED) is 0.848. The van der Waals surface area contributed by atoms with E-state index in [1.165, 1.54) is 5.56 Å². The Labute approximate surface area is 160 Å². The lowest BCUT2D eigenvalue weighted by Gasteiger charge is -2.33. The molecule has 1 aromatic carbocycles. The van der Waals surface area contributed by atoms with Crippen LogP contribution in [0.2, 0.25) is 0 Å². The summed E-state index contributed by atoms with van der Waals surface area (Å²) < 4.78 is 10.6. The van der Waals surface area contributed by atoms with Gasteiger partial charge in [-0.3, -0.25) is 9.78 Å². The minimum Gasteiger partial charge on any atom is -0.497 e. The summed E-state index contributed by atoms with van der Waals surface area (Å²) in [5, 5.41) is 3.60. The molecule has 1 amide bonds. The third-order valence-electron chi connectivity index (χ3n) is 5.12. The second-order valence-electron chi connectivity index (χ2n) is 6.76. The molecule has 0 radical (unpaired) electrons. The van der Waals surface area contributed by atoms with Gasteiger partial charge in [-0.05, 0) is 43.5 Å². The number of hydrogen-bond acceptors (Lipinski definition) is 5. The number of carbonyl (C=O) groups is 1. The van der Waals surface area contributed by atoms with Gasteiger partial charge in [-0.1, -0.05) is 6.07 Å². The van der Waals surface area contributed by atoms with Gasteiger partial charge in [0.05, 0.1) is 19.8 Å². The first-order valence-corrected chi connectivity index (χ1v) is 9.27. The maximum Gasteiger partial charge on any atom is 0.257 e. The van der Waals surface area contributed by atoms with Crippen molar-refractivity contribution >= 4 is 5.91 Å². The molecule has 1 saturated heterocycles. The van der Waals surface area contributed by atoms with Gasteiger partial charge in [0.2, 0.25) is 0 Å². The van der Waals surface area contributed by atoms with Gasteiger partial charge < -0.3 is 19.7 Å². The highest BCUT2D eigenvalue weighted by molar-refractivity contribution is 5.97. The third-order valence-corrected chi connectivity index (χ3v) is 5.12. The molecule has 1 N–H and O–H groups in total. The molecule has 0 atom stereocenters.